The topological polar surface area (TPSA) is 49.7 Å². The fourth-order valence-corrected chi connectivity index (χ4v) is 6.79. The highest BCUT2D eigenvalue weighted by Gasteiger charge is 2.47. The van der Waals surface area contributed by atoms with Crippen LogP contribution in [0.2, 0.25) is 0 Å². The molecule has 4 nitrogen and oxygen atoms in total. The van der Waals surface area contributed by atoms with Gasteiger partial charge in [-0.2, -0.15) is 0 Å². The van der Waals surface area contributed by atoms with Gasteiger partial charge in [0.2, 0.25) is 0 Å². The number of anilines is 1. The van der Waals surface area contributed by atoms with Crippen molar-refractivity contribution in [1.29, 1.82) is 0 Å². The number of fused-ring (bicyclic) bond motifs is 1. The molecule has 0 amide bonds. The number of benzene rings is 2. The Balaban J connectivity index is 1.46. The number of nitrogens with zero attached hydrogens (tertiary/aromatic N) is 2. The smallest absolute Gasteiger partial charge is 0.164 e. The molecule has 7 heteroatoms. The quantitative estimate of drug-likeness (QED) is 0.623. The lowest BCUT2D eigenvalue weighted by Gasteiger charge is -2.26. The van der Waals surface area contributed by atoms with Gasteiger partial charge in [-0.05, 0) is 42.7 Å². The van der Waals surface area contributed by atoms with E-state index in [1.54, 1.807) is 11.8 Å². The monoisotopic (exact) mass is 464 g/mol. The van der Waals surface area contributed by atoms with Gasteiger partial charge in [0.05, 0.1) is 23.6 Å². The van der Waals surface area contributed by atoms with Crippen LogP contribution in [-0.2, 0) is 16.3 Å². The summed E-state index contributed by atoms with van der Waals surface area (Å²) in [6, 6.07) is 18.3. The molecule has 2 aromatic rings. The van der Waals surface area contributed by atoms with E-state index in [-0.39, 0.29) is 23.6 Å². The lowest BCUT2D eigenvalue weighted by atomic mass is 10.1. The molecule has 2 aromatic carbocycles. The first-order valence-electron chi connectivity index (χ1n) is 9.02. The molecule has 0 spiro atoms. The second-order valence-electron chi connectivity index (χ2n) is 6.91. The molecule has 2 aliphatic rings. The summed E-state index contributed by atoms with van der Waals surface area (Å²) in [7, 11) is -3.01. The molecule has 0 aliphatic carbocycles. The number of halogens is 1. The highest BCUT2D eigenvalue weighted by molar-refractivity contribution is 9.10. The summed E-state index contributed by atoms with van der Waals surface area (Å²) in [5.41, 5.74) is 2.36. The first-order chi connectivity index (χ1) is 13.0. The average molecular weight is 465 g/mol. The molecular formula is C20H21BrN2O2S2. The average Bonchev–Trinajstić information content (AvgIpc) is 3.11. The Morgan fingerprint density at radius 3 is 2.56 bits per heavy atom. The van der Waals surface area contributed by atoms with Crippen LogP contribution in [0.25, 0.3) is 0 Å². The van der Waals surface area contributed by atoms with E-state index in [0.29, 0.717) is 0 Å². The largest absolute Gasteiger partial charge is 0.315 e. The molecule has 0 N–H and O–H groups in total. The minimum atomic E-state index is -3.01. The van der Waals surface area contributed by atoms with Crippen molar-refractivity contribution in [2.24, 2.45) is 4.99 Å². The Kier molecular flexibility index (Phi) is 5.62. The van der Waals surface area contributed by atoms with Crippen LogP contribution in [0.1, 0.15) is 12.0 Å². The lowest BCUT2D eigenvalue weighted by molar-refractivity contribution is 0.601. The summed E-state index contributed by atoms with van der Waals surface area (Å²) < 4.78 is 25.2. The molecule has 0 radical (unpaired) electrons. The van der Waals surface area contributed by atoms with Gasteiger partial charge < -0.3 is 4.90 Å². The van der Waals surface area contributed by atoms with Gasteiger partial charge in [-0.25, -0.2) is 8.42 Å². The predicted octanol–water partition coefficient (Wildman–Crippen LogP) is 4.16. The van der Waals surface area contributed by atoms with Gasteiger partial charge in [0.15, 0.2) is 15.0 Å². The molecule has 1 fully saturated rings. The summed E-state index contributed by atoms with van der Waals surface area (Å²) in [5.74, 6) is 1.32. The summed E-state index contributed by atoms with van der Waals surface area (Å²) in [6.45, 7) is 0. The van der Waals surface area contributed by atoms with Crippen molar-refractivity contribution in [2.45, 2.75) is 24.9 Å². The zero-order valence-corrected chi connectivity index (χ0v) is 18.0. The third-order valence-electron chi connectivity index (χ3n) is 4.90. The lowest BCUT2D eigenvalue weighted by Crippen LogP contribution is -2.39. The maximum absolute atomic E-state index is 12.1. The van der Waals surface area contributed by atoms with Crippen molar-refractivity contribution < 1.29 is 8.42 Å². The van der Waals surface area contributed by atoms with E-state index < -0.39 is 9.84 Å². The Hall–Kier alpha value is -1.31. The van der Waals surface area contributed by atoms with Crippen LogP contribution in [-0.4, -0.2) is 42.9 Å². The number of hydrogen-bond donors (Lipinski definition) is 0. The third-order valence-corrected chi connectivity index (χ3v) is 8.18. The first kappa shape index (κ1) is 19.0. The summed E-state index contributed by atoms with van der Waals surface area (Å²) >= 11 is 5.20. The van der Waals surface area contributed by atoms with Crippen LogP contribution in [0, 0.1) is 0 Å². The maximum Gasteiger partial charge on any atom is 0.164 e. The van der Waals surface area contributed by atoms with E-state index in [2.05, 4.69) is 45.1 Å². The molecule has 27 heavy (non-hydrogen) atoms. The van der Waals surface area contributed by atoms with Crippen LogP contribution in [0.15, 0.2) is 64.1 Å². The Labute approximate surface area is 173 Å². The van der Waals surface area contributed by atoms with E-state index in [0.717, 1.165) is 33.9 Å². The molecule has 1 saturated heterocycles. The number of rotatable bonds is 5. The highest BCUT2D eigenvalue weighted by Crippen LogP contribution is 2.35. The minimum Gasteiger partial charge on any atom is -0.315 e. The molecule has 0 saturated carbocycles. The number of aliphatic imine (C=N–C) groups is 1. The van der Waals surface area contributed by atoms with Crippen molar-refractivity contribution >= 4 is 48.4 Å². The van der Waals surface area contributed by atoms with E-state index in [9.17, 15) is 8.42 Å². The second-order valence-corrected chi connectivity index (χ2v) is 11.0. The first-order valence-corrected chi connectivity index (χ1v) is 12.6. The van der Waals surface area contributed by atoms with E-state index >= 15 is 0 Å². The zero-order valence-electron chi connectivity index (χ0n) is 14.8. The number of amidine groups is 1. The molecule has 0 unspecified atom stereocenters. The number of aryl methyl sites for hydroxylation is 1. The fraction of sp³-hybridized carbons (Fsp3) is 0.350. The Morgan fingerprint density at radius 1 is 1.07 bits per heavy atom. The van der Waals surface area contributed by atoms with Gasteiger partial charge in [0, 0.05) is 15.9 Å². The third kappa shape index (κ3) is 4.41. The number of hydrogen-bond acceptors (Lipinski definition) is 5. The van der Waals surface area contributed by atoms with Gasteiger partial charge >= 0.3 is 0 Å². The van der Waals surface area contributed by atoms with Gasteiger partial charge in [-0.15, -0.1) is 0 Å². The van der Waals surface area contributed by atoms with Crippen molar-refractivity contribution in [1.82, 2.24) is 0 Å². The summed E-state index contributed by atoms with van der Waals surface area (Å²) in [6.07, 6.45) is 2.11. The molecule has 2 aliphatic heterocycles. The molecule has 2 atom stereocenters. The standard InChI is InChI=1S/C20H21BrN2O2S2/c21-16-8-10-17(11-9-16)23-19-14-27(24,25)13-18(19)22-20(23)26-12-4-7-15-5-2-1-3-6-15/h1-3,5-6,8-11,18-19H,4,7,12-14H2/t18-,19-/m0/s1. The zero-order chi connectivity index (χ0) is 18.9. The van der Waals surface area contributed by atoms with Crippen molar-refractivity contribution in [3.05, 3.63) is 64.6 Å². The highest BCUT2D eigenvalue weighted by atomic mass is 79.9. The van der Waals surface area contributed by atoms with Crippen molar-refractivity contribution in [3.63, 3.8) is 0 Å². The van der Waals surface area contributed by atoms with Gasteiger partial charge in [-0.1, -0.05) is 58.0 Å². The fourth-order valence-electron chi connectivity index (χ4n) is 3.62. The predicted molar refractivity (Wildman–Crippen MR) is 118 cm³/mol. The molecule has 142 valence electrons. The van der Waals surface area contributed by atoms with Gasteiger partial charge in [0.1, 0.15) is 0 Å². The second kappa shape index (κ2) is 7.97. The molecular weight excluding hydrogens is 444 g/mol. The maximum atomic E-state index is 12.1. The SMILES string of the molecule is O=S1(=O)C[C@@H]2N=C(SCCCc3ccccc3)N(c3ccc(Br)cc3)[C@H]2C1. The molecule has 4 rings (SSSR count). The van der Waals surface area contributed by atoms with Crippen LogP contribution < -0.4 is 4.90 Å². The van der Waals surface area contributed by atoms with Crippen molar-refractivity contribution in [2.75, 3.05) is 22.2 Å². The van der Waals surface area contributed by atoms with Crippen LogP contribution in [0.3, 0.4) is 0 Å². The van der Waals surface area contributed by atoms with E-state index in [1.165, 1.54) is 5.56 Å². The minimum absolute atomic E-state index is 0.0761. The normalized spacial score (nSPS) is 23.3. The van der Waals surface area contributed by atoms with E-state index in [4.69, 9.17) is 4.99 Å². The summed E-state index contributed by atoms with van der Waals surface area (Å²) in [4.78, 5) is 6.92. The van der Waals surface area contributed by atoms with Gasteiger partial charge in [-0.3, -0.25) is 4.99 Å². The summed E-state index contributed by atoms with van der Waals surface area (Å²) in [5, 5.41) is 0.954. The van der Waals surface area contributed by atoms with Crippen LogP contribution >= 0.6 is 27.7 Å². The van der Waals surface area contributed by atoms with Crippen LogP contribution in [0.4, 0.5) is 5.69 Å². The molecule has 2 heterocycles. The molecule has 0 bridgehead atoms. The Bertz CT molecular complexity index is 930. The number of thioether (sulfide) groups is 1. The van der Waals surface area contributed by atoms with Crippen LogP contribution in [0.5, 0.6) is 0 Å². The van der Waals surface area contributed by atoms with E-state index in [1.807, 2.05) is 30.3 Å². The van der Waals surface area contributed by atoms with Crippen molar-refractivity contribution in [3.8, 4) is 0 Å². The Morgan fingerprint density at radius 2 is 1.81 bits per heavy atom. The number of sulfone groups is 1. The molecule has 0 aromatic heterocycles. The van der Waals surface area contributed by atoms with Gasteiger partial charge in [0.25, 0.3) is 0 Å².